The van der Waals surface area contributed by atoms with Crippen LogP contribution in [0.15, 0.2) is 0 Å². The lowest BCUT2D eigenvalue weighted by Crippen LogP contribution is -2.22. The second-order valence-electron chi connectivity index (χ2n) is 1.84. The van der Waals surface area contributed by atoms with E-state index in [4.69, 9.17) is 0 Å². The molecular weight excluding hydrogens is 200 g/mol. The SMILES string of the molecule is COC(=O)C(C)C(=O)CBr. The highest BCUT2D eigenvalue weighted by Gasteiger charge is 2.20. The van der Waals surface area contributed by atoms with Crippen LogP contribution in [0.2, 0.25) is 0 Å². The third-order valence-electron chi connectivity index (χ3n) is 1.17. The molecule has 0 aliphatic heterocycles. The molecule has 1 atom stereocenters. The van der Waals surface area contributed by atoms with Gasteiger partial charge in [0.25, 0.3) is 0 Å². The molecule has 1 unspecified atom stereocenters. The Morgan fingerprint density at radius 1 is 1.60 bits per heavy atom. The Morgan fingerprint density at radius 3 is 2.40 bits per heavy atom. The minimum atomic E-state index is -0.649. The van der Waals surface area contributed by atoms with Crippen molar-refractivity contribution in [3.05, 3.63) is 0 Å². The van der Waals surface area contributed by atoms with Crippen molar-refractivity contribution in [3.8, 4) is 0 Å². The van der Waals surface area contributed by atoms with Crippen molar-refractivity contribution in [3.63, 3.8) is 0 Å². The standard InChI is InChI=1S/C6H9BrO3/c1-4(5(8)3-7)6(9)10-2/h4H,3H2,1-2H3. The minimum absolute atomic E-state index is 0.160. The van der Waals surface area contributed by atoms with Gasteiger partial charge in [-0.25, -0.2) is 0 Å². The van der Waals surface area contributed by atoms with Gasteiger partial charge in [0.15, 0.2) is 5.78 Å². The van der Waals surface area contributed by atoms with Crippen LogP contribution in [0.1, 0.15) is 6.92 Å². The molecular formula is C6H9BrO3. The lowest BCUT2D eigenvalue weighted by Gasteiger charge is -2.04. The number of rotatable bonds is 3. The number of alkyl halides is 1. The van der Waals surface area contributed by atoms with Crippen LogP contribution >= 0.6 is 15.9 Å². The van der Waals surface area contributed by atoms with E-state index in [0.29, 0.717) is 0 Å². The summed E-state index contributed by atoms with van der Waals surface area (Å²) in [6, 6.07) is 0. The topological polar surface area (TPSA) is 43.4 Å². The number of esters is 1. The zero-order valence-electron chi connectivity index (χ0n) is 5.89. The van der Waals surface area contributed by atoms with Gasteiger partial charge in [-0.3, -0.25) is 9.59 Å². The summed E-state index contributed by atoms with van der Waals surface area (Å²) < 4.78 is 4.35. The quantitative estimate of drug-likeness (QED) is 0.391. The molecule has 0 rings (SSSR count). The van der Waals surface area contributed by atoms with E-state index in [-0.39, 0.29) is 11.1 Å². The molecule has 0 heterocycles. The molecule has 0 amide bonds. The van der Waals surface area contributed by atoms with Crippen molar-refractivity contribution in [1.29, 1.82) is 0 Å². The Kier molecular flexibility index (Phi) is 4.27. The molecule has 0 N–H and O–H groups in total. The molecule has 58 valence electrons. The van der Waals surface area contributed by atoms with E-state index in [9.17, 15) is 9.59 Å². The zero-order valence-corrected chi connectivity index (χ0v) is 7.47. The van der Waals surface area contributed by atoms with Gasteiger partial charge in [-0.15, -0.1) is 0 Å². The molecule has 0 bridgehead atoms. The number of carbonyl (C=O) groups excluding carboxylic acids is 2. The fourth-order valence-corrected chi connectivity index (χ4v) is 0.910. The number of ether oxygens (including phenoxy) is 1. The van der Waals surface area contributed by atoms with Gasteiger partial charge < -0.3 is 4.74 Å². The molecule has 0 spiro atoms. The molecule has 3 nitrogen and oxygen atoms in total. The Balaban J connectivity index is 3.94. The first-order valence-electron chi connectivity index (χ1n) is 2.80. The van der Waals surface area contributed by atoms with Crippen LogP contribution in [-0.2, 0) is 14.3 Å². The maximum absolute atomic E-state index is 10.8. The summed E-state index contributed by atoms with van der Waals surface area (Å²) in [5, 5.41) is 0.198. The van der Waals surface area contributed by atoms with Crippen LogP contribution in [0.4, 0.5) is 0 Å². The van der Waals surface area contributed by atoms with Gasteiger partial charge in [0.2, 0.25) is 0 Å². The number of methoxy groups -OCH3 is 1. The van der Waals surface area contributed by atoms with E-state index >= 15 is 0 Å². The number of Topliss-reactive ketones (excluding diaryl/α,β-unsaturated/α-hetero) is 1. The maximum atomic E-state index is 10.8. The predicted octanol–water partition coefficient (Wildman–Crippen LogP) is 0.759. The monoisotopic (exact) mass is 208 g/mol. The van der Waals surface area contributed by atoms with Crippen LogP contribution in [0, 0.1) is 5.92 Å². The van der Waals surface area contributed by atoms with Gasteiger partial charge in [0.05, 0.1) is 12.4 Å². The smallest absolute Gasteiger partial charge is 0.315 e. The molecule has 0 saturated heterocycles. The summed E-state index contributed by atoms with van der Waals surface area (Å²) in [7, 11) is 1.26. The summed E-state index contributed by atoms with van der Waals surface area (Å²) in [5.41, 5.74) is 0. The minimum Gasteiger partial charge on any atom is -0.468 e. The van der Waals surface area contributed by atoms with Crippen molar-refractivity contribution >= 4 is 27.7 Å². The van der Waals surface area contributed by atoms with Gasteiger partial charge in [-0.1, -0.05) is 15.9 Å². The fourth-order valence-electron chi connectivity index (χ4n) is 0.424. The molecule has 0 aromatic heterocycles. The highest BCUT2D eigenvalue weighted by atomic mass is 79.9. The average Bonchev–Trinajstić information content (AvgIpc) is 2.00. The van der Waals surface area contributed by atoms with Crippen molar-refractivity contribution in [2.24, 2.45) is 5.92 Å². The first-order valence-corrected chi connectivity index (χ1v) is 3.92. The van der Waals surface area contributed by atoms with Crippen LogP contribution in [0.3, 0.4) is 0 Å². The second kappa shape index (κ2) is 4.44. The van der Waals surface area contributed by atoms with Crippen molar-refractivity contribution in [2.75, 3.05) is 12.4 Å². The number of ketones is 1. The summed E-state index contributed by atoms with van der Waals surface area (Å²) in [5.74, 6) is -1.29. The predicted molar refractivity (Wildman–Crippen MR) is 40.0 cm³/mol. The first-order chi connectivity index (χ1) is 4.63. The highest BCUT2D eigenvalue weighted by Crippen LogP contribution is 2.01. The number of hydrogen-bond donors (Lipinski definition) is 0. The number of hydrogen-bond acceptors (Lipinski definition) is 3. The molecule has 0 aromatic rings. The summed E-state index contributed by atoms with van der Waals surface area (Å²) >= 11 is 2.96. The third kappa shape index (κ3) is 2.47. The lowest BCUT2D eigenvalue weighted by atomic mass is 10.1. The van der Waals surface area contributed by atoms with Crippen molar-refractivity contribution in [1.82, 2.24) is 0 Å². The number of halogens is 1. The van der Waals surface area contributed by atoms with Gasteiger partial charge >= 0.3 is 5.97 Å². The fraction of sp³-hybridized carbons (Fsp3) is 0.667. The van der Waals surface area contributed by atoms with E-state index in [1.54, 1.807) is 0 Å². The van der Waals surface area contributed by atoms with E-state index in [1.165, 1.54) is 14.0 Å². The lowest BCUT2D eigenvalue weighted by molar-refractivity contribution is -0.147. The number of carbonyl (C=O) groups is 2. The maximum Gasteiger partial charge on any atom is 0.315 e. The summed E-state index contributed by atoms with van der Waals surface area (Å²) in [4.78, 5) is 21.4. The molecule has 0 aliphatic carbocycles. The molecule has 4 heteroatoms. The van der Waals surface area contributed by atoms with Crippen LogP contribution in [-0.4, -0.2) is 24.2 Å². The van der Waals surface area contributed by atoms with Gasteiger partial charge in [-0.05, 0) is 6.92 Å². The molecule has 0 aliphatic rings. The van der Waals surface area contributed by atoms with Gasteiger partial charge in [0.1, 0.15) is 5.92 Å². The summed E-state index contributed by atoms with van der Waals surface area (Å²) in [6.07, 6.45) is 0. The highest BCUT2D eigenvalue weighted by molar-refractivity contribution is 9.09. The van der Waals surface area contributed by atoms with Crippen LogP contribution < -0.4 is 0 Å². The average molecular weight is 209 g/mol. The normalized spacial score (nSPS) is 12.3. The van der Waals surface area contributed by atoms with Crippen molar-refractivity contribution < 1.29 is 14.3 Å². The van der Waals surface area contributed by atoms with Gasteiger partial charge in [0, 0.05) is 0 Å². The molecule has 0 saturated carbocycles. The molecule has 10 heavy (non-hydrogen) atoms. The van der Waals surface area contributed by atoms with E-state index in [2.05, 4.69) is 20.7 Å². The largest absolute Gasteiger partial charge is 0.468 e. The zero-order chi connectivity index (χ0) is 8.15. The van der Waals surface area contributed by atoms with E-state index in [1.807, 2.05) is 0 Å². The Morgan fingerprint density at radius 2 is 2.10 bits per heavy atom. The van der Waals surface area contributed by atoms with Crippen LogP contribution in [0.5, 0.6) is 0 Å². The first kappa shape index (κ1) is 9.62. The third-order valence-corrected chi connectivity index (χ3v) is 1.72. The molecule has 0 aromatic carbocycles. The van der Waals surface area contributed by atoms with E-state index in [0.717, 1.165) is 0 Å². The van der Waals surface area contributed by atoms with Gasteiger partial charge in [-0.2, -0.15) is 0 Å². The second-order valence-corrected chi connectivity index (χ2v) is 2.41. The Hall–Kier alpha value is -0.380. The summed E-state index contributed by atoms with van der Waals surface area (Å²) in [6.45, 7) is 1.52. The van der Waals surface area contributed by atoms with Crippen molar-refractivity contribution in [2.45, 2.75) is 6.92 Å². The molecule has 0 fully saturated rings. The Labute approximate surface area is 67.9 Å². The van der Waals surface area contributed by atoms with E-state index < -0.39 is 11.9 Å². The molecule has 0 radical (unpaired) electrons. The van der Waals surface area contributed by atoms with Crippen LogP contribution in [0.25, 0.3) is 0 Å². The Bertz CT molecular complexity index is 128.